The zero-order valence-electron chi connectivity index (χ0n) is 26.6. The van der Waals surface area contributed by atoms with Gasteiger partial charge in [0.05, 0.1) is 5.69 Å². The summed E-state index contributed by atoms with van der Waals surface area (Å²) in [6.07, 6.45) is 3.92. The molecular formula is C40H39IrN3-2. The Morgan fingerprint density at radius 3 is 1.75 bits per heavy atom. The van der Waals surface area contributed by atoms with Crippen molar-refractivity contribution < 1.29 is 20.1 Å². The number of aromatic nitrogens is 3. The first-order valence-corrected chi connectivity index (χ1v) is 14.8. The number of hydrogen-bond donors (Lipinski definition) is 0. The summed E-state index contributed by atoms with van der Waals surface area (Å²) in [5.41, 5.74) is 9.80. The van der Waals surface area contributed by atoms with Crippen molar-refractivity contribution in [2.45, 2.75) is 59.3 Å². The number of rotatable bonds is 3. The van der Waals surface area contributed by atoms with E-state index in [0.717, 1.165) is 44.9 Å². The molecule has 0 N–H and O–H groups in total. The Morgan fingerprint density at radius 2 is 1.18 bits per heavy atom. The molecule has 3 aromatic heterocycles. The van der Waals surface area contributed by atoms with Gasteiger partial charge in [0.15, 0.2) is 0 Å². The van der Waals surface area contributed by atoms with E-state index in [2.05, 4.69) is 130 Å². The molecule has 3 nitrogen and oxygen atoms in total. The summed E-state index contributed by atoms with van der Waals surface area (Å²) >= 11 is 0. The van der Waals surface area contributed by atoms with Gasteiger partial charge in [0, 0.05) is 43.6 Å². The minimum absolute atomic E-state index is 0. The fraction of sp³-hybridized carbons (Fsp3) is 0.225. The maximum absolute atomic E-state index is 4.82. The van der Waals surface area contributed by atoms with Crippen LogP contribution in [0.15, 0.2) is 109 Å². The predicted octanol–water partition coefficient (Wildman–Crippen LogP) is 10.2. The van der Waals surface area contributed by atoms with E-state index in [1.54, 1.807) is 0 Å². The van der Waals surface area contributed by atoms with Crippen LogP contribution in [0, 0.1) is 19.1 Å². The summed E-state index contributed by atoms with van der Waals surface area (Å²) in [7, 11) is 0. The van der Waals surface area contributed by atoms with Crippen molar-refractivity contribution >= 4 is 10.8 Å². The average Bonchev–Trinajstić information content (AvgIpc) is 3.01. The van der Waals surface area contributed by atoms with Crippen LogP contribution in [-0.4, -0.2) is 15.0 Å². The predicted molar refractivity (Wildman–Crippen MR) is 180 cm³/mol. The van der Waals surface area contributed by atoms with Crippen molar-refractivity contribution in [3.63, 3.8) is 0 Å². The van der Waals surface area contributed by atoms with Crippen molar-refractivity contribution in [1.82, 2.24) is 15.0 Å². The van der Waals surface area contributed by atoms with Crippen molar-refractivity contribution in [1.29, 1.82) is 0 Å². The van der Waals surface area contributed by atoms with Crippen LogP contribution in [0.25, 0.3) is 44.5 Å². The molecule has 0 amide bonds. The van der Waals surface area contributed by atoms with E-state index in [1.807, 2.05) is 49.6 Å². The molecule has 44 heavy (non-hydrogen) atoms. The summed E-state index contributed by atoms with van der Waals surface area (Å²) in [5, 5.41) is 2.37. The molecule has 1 radical (unpaired) electrons. The molecule has 3 heterocycles. The number of nitrogens with zero attached hydrogens (tertiary/aromatic N) is 3. The molecule has 0 saturated heterocycles. The topological polar surface area (TPSA) is 38.7 Å². The number of aryl methyl sites for hydroxylation is 1. The largest absolute Gasteiger partial charge is 0.304 e. The van der Waals surface area contributed by atoms with Gasteiger partial charge in [-0.1, -0.05) is 95.6 Å². The van der Waals surface area contributed by atoms with Gasteiger partial charge in [-0.25, -0.2) is 0 Å². The Labute approximate surface area is 276 Å². The Balaban J connectivity index is 0.000000223. The van der Waals surface area contributed by atoms with Gasteiger partial charge in [-0.15, -0.1) is 65.7 Å². The number of fused-ring (bicyclic) bond motifs is 1. The van der Waals surface area contributed by atoms with E-state index < -0.39 is 0 Å². The number of pyridine rings is 3. The van der Waals surface area contributed by atoms with Crippen LogP contribution in [0.1, 0.15) is 58.4 Å². The number of benzene rings is 3. The van der Waals surface area contributed by atoms with Gasteiger partial charge in [0.1, 0.15) is 0 Å². The molecule has 225 valence electrons. The van der Waals surface area contributed by atoms with Crippen LogP contribution < -0.4 is 0 Å². The quantitative estimate of drug-likeness (QED) is 0.169. The van der Waals surface area contributed by atoms with Crippen molar-refractivity contribution in [2.75, 3.05) is 0 Å². The molecule has 3 aromatic carbocycles. The van der Waals surface area contributed by atoms with Crippen molar-refractivity contribution in [3.05, 3.63) is 138 Å². The minimum atomic E-state index is 0. The SMILES string of the molecule is CC(C)(C)c1ccc(-c2[c-]cccc2)nc1.Cc1cc2ccccc2c(-c2cc[c-]c(-c3ccc(C(C)(C)C)cn3)c2)n1.[Ir]. The molecule has 0 spiro atoms. The third-order valence-electron chi connectivity index (χ3n) is 7.46. The molecule has 0 fully saturated rings. The maximum Gasteiger partial charge on any atom is 0.0600 e. The van der Waals surface area contributed by atoms with Gasteiger partial charge in [-0.05, 0) is 51.7 Å². The van der Waals surface area contributed by atoms with E-state index in [1.165, 1.54) is 16.5 Å². The van der Waals surface area contributed by atoms with Gasteiger partial charge < -0.3 is 9.97 Å². The smallest absolute Gasteiger partial charge is 0.0600 e. The zero-order chi connectivity index (χ0) is 30.6. The van der Waals surface area contributed by atoms with Gasteiger partial charge in [0.25, 0.3) is 0 Å². The first kappa shape index (κ1) is 32.9. The fourth-order valence-corrected chi connectivity index (χ4v) is 4.86. The first-order chi connectivity index (χ1) is 20.5. The minimum Gasteiger partial charge on any atom is -0.304 e. The molecule has 4 heteroatoms. The molecule has 0 aliphatic heterocycles. The Kier molecular flexibility index (Phi) is 10.3. The second-order valence-corrected chi connectivity index (χ2v) is 13.0. The molecule has 0 atom stereocenters. The Morgan fingerprint density at radius 1 is 0.591 bits per heavy atom. The summed E-state index contributed by atoms with van der Waals surface area (Å²) in [5.74, 6) is 0. The van der Waals surface area contributed by atoms with Crippen molar-refractivity contribution in [3.8, 4) is 33.8 Å². The third-order valence-corrected chi connectivity index (χ3v) is 7.46. The molecular weight excluding hydrogens is 715 g/mol. The average molecular weight is 754 g/mol. The van der Waals surface area contributed by atoms with Crippen LogP contribution in [0.5, 0.6) is 0 Å². The molecule has 0 aliphatic rings. The zero-order valence-corrected chi connectivity index (χ0v) is 29.0. The number of hydrogen-bond acceptors (Lipinski definition) is 3. The van der Waals surface area contributed by atoms with Gasteiger partial charge in [0.2, 0.25) is 0 Å². The van der Waals surface area contributed by atoms with E-state index in [-0.39, 0.29) is 30.9 Å². The monoisotopic (exact) mass is 754 g/mol. The van der Waals surface area contributed by atoms with Crippen LogP contribution >= 0.6 is 0 Å². The fourth-order valence-electron chi connectivity index (χ4n) is 4.86. The maximum atomic E-state index is 4.82. The van der Waals surface area contributed by atoms with Crippen molar-refractivity contribution in [2.24, 2.45) is 0 Å². The second-order valence-electron chi connectivity index (χ2n) is 13.0. The summed E-state index contributed by atoms with van der Waals surface area (Å²) in [6.45, 7) is 15.2. The van der Waals surface area contributed by atoms with Crippen LogP contribution in [-0.2, 0) is 30.9 Å². The standard InChI is InChI=1S/C25H23N2.C15H16N.Ir/c1-17-14-18-8-5-6-11-22(18)24(27-17)20-10-7-9-19(15-20)23-13-12-21(16-26-23)25(2,3)4;1-15(2,3)13-9-10-14(16-11-13)12-7-5-4-6-8-12;/h5-8,10-16H,1-4H3;4-7,9-11H,1-3H3;/q2*-1;. The van der Waals surface area contributed by atoms with Crippen LogP contribution in [0.3, 0.4) is 0 Å². The molecule has 0 saturated carbocycles. The molecule has 6 rings (SSSR count). The van der Waals surface area contributed by atoms with E-state index >= 15 is 0 Å². The van der Waals surface area contributed by atoms with E-state index in [4.69, 9.17) is 4.98 Å². The van der Waals surface area contributed by atoms with E-state index in [9.17, 15) is 0 Å². The Hall–Kier alpha value is -3.98. The normalized spacial score (nSPS) is 11.3. The summed E-state index contributed by atoms with van der Waals surface area (Å²) in [4.78, 5) is 14.0. The Bertz CT molecular complexity index is 1810. The summed E-state index contributed by atoms with van der Waals surface area (Å²) in [6, 6.07) is 39.5. The third kappa shape index (κ3) is 7.94. The van der Waals surface area contributed by atoms with Crippen LogP contribution in [0.4, 0.5) is 0 Å². The molecule has 0 unspecified atom stereocenters. The van der Waals surface area contributed by atoms with Gasteiger partial charge >= 0.3 is 0 Å². The van der Waals surface area contributed by atoms with Gasteiger partial charge in [-0.3, -0.25) is 4.98 Å². The molecule has 0 aliphatic carbocycles. The molecule has 6 aromatic rings. The summed E-state index contributed by atoms with van der Waals surface area (Å²) < 4.78 is 0. The first-order valence-electron chi connectivity index (χ1n) is 14.8. The van der Waals surface area contributed by atoms with Crippen LogP contribution in [0.2, 0.25) is 0 Å². The molecule has 0 bridgehead atoms. The second kappa shape index (κ2) is 13.8. The van der Waals surface area contributed by atoms with Gasteiger partial charge in [-0.2, -0.15) is 0 Å². The van der Waals surface area contributed by atoms with E-state index in [0.29, 0.717) is 0 Å².